The summed E-state index contributed by atoms with van der Waals surface area (Å²) in [6, 6.07) is 5.73. The standard InChI is InChI=1S/C21H29ClFN5/c1-13-7-8-14(9-16(13)22)26-19-24-12-17(23)18(27-19)25-15-10-20(2,3)28(6)21(4,5)11-15/h7-9,12,15H,10-11H2,1-6H3,(H2,24,25,26,27). The zero-order chi connectivity index (χ0) is 20.7. The van der Waals surface area contributed by atoms with Crippen molar-refractivity contribution in [2.75, 3.05) is 17.7 Å². The number of likely N-dealkylation sites (tertiary alicyclic amines) is 1. The maximum Gasteiger partial charge on any atom is 0.229 e. The van der Waals surface area contributed by atoms with Gasteiger partial charge in [0.05, 0.1) is 6.20 Å². The second kappa shape index (κ2) is 7.48. The van der Waals surface area contributed by atoms with Crippen LogP contribution in [0, 0.1) is 12.7 Å². The van der Waals surface area contributed by atoms with Crippen LogP contribution in [0.15, 0.2) is 24.4 Å². The molecule has 0 bridgehead atoms. The van der Waals surface area contributed by atoms with Gasteiger partial charge < -0.3 is 10.6 Å². The molecule has 1 aliphatic rings. The summed E-state index contributed by atoms with van der Waals surface area (Å²) in [7, 11) is 2.15. The van der Waals surface area contributed by atoms with E-state index < -0.39 is 5.82 Å². The second-order valence-electron chi connectivity index (χ2n) is 8.91. The summed E-state index contributed by atoms with van der Waals surface area (Å²) in [6.07, 6.45) is 2.98. The lowest BCUT2D eigenvalue weighted by atomic mass is 9.77. The average Bonchev–Trinajstić information content (AvgIpc) is 2.58. The van der Waals surface area contributed by atoms with E-state index in [4.69, 9.17) is 11.6 Å². The number of rotatable bonds is 4. The zero-order valence-electron chi connectivity index (χ0n) is 17.4. The van der Waals surface area contributed by atoms with E-state index in [-0.39, 0.29) is 22.9 Å². The van der Waals surface area contributed by atoms with Crippen LogP contribution in [0.1, 0.15) is 46.1 Å². The van der Waals surface area contributed by atoms with E-state index in [1.165, 1.54) is 6.20 Å². The van der Waals surface area contributed by atoms with Gasteiger partial charge in [0.1, 0.15) is 0 Å². The minimum Gasteiger partial charge on any atom is -0.365 e. The van der Waals surface area contributed by atoms with Gasteiger partial charge in [0.2, 0.25) is 5.95 Å². The number of halogens is 2. The molecule has 0 unspecified atom stereocenters. The summed E-state index contributed by atoms with van der Waals surface area (Å²) in [4.78, 5) is 10.8. The Labute approximate surface area is 171 Å². The molecule has 1 saturated heterocycles. The van der Waals surface area contributed by atoms with Gasteiger partial charge in [0, 0.05) is 27.8 Å². The Hall–Kier alpha value is -1.92. The Bertz CT molecular complexity index is 850. The molecule has 2 aromatic rings. The first-order valence-corrected chi connectivity index (χ1v) is 9.92. The number of aromatic nitrogens is 2. The minimum absolute atomic E-state index is 0.00263. The molecule has 1 aliphatic heterocycles. The predicted molar refractivity (Wildman–Crippen MR) is 114 cm³/mol. The van der Waals surface area contributed by atoms with Crippen molar-refractivity contribution in [2.24, 2.45) is 0 Å². The fourth-order valence-electron chi connectivity index (χ4n) is 4.00. The van der Waals surface area contributed by atoms with Gasteiger partial charge in [-0.1, -0.05) is 17.7 Å². The Morgan fingerprint density at radius 2 is 1.82 bits per heavy atom. The number of benzene rings is 1. The van der Waals surface area contributed by atoms with Gasteiger partial charge in [-0.15, -0.1) is 0 Å². The van der Waals surface area contributed by atoms with Crippen LogP contribution in [-0.2, 0) is 0 Å². The van der Waals surface area contributed by atoms with Crippen molar-refractivity contribution in [1.29, 1.82) is 0 Å². The Morgan fingerprint density at radius 1 is 1.18 bits per heavy atom. The third kappa shape index (κ3) is 4.39. The lowest BCUT2D eigenvalue weighted by molar-refractivity contribution is -0.00778. The lowest BCUT2D eigenvalue weighted by Gasteiger charge is -2.53. The minimum atomic E-state index is -0.456. The molecule has 0 radical (unpaired) electrons. The Kier molecular flexibility index (Phi) is 5.56. The molecule has 5 nitrogen and oxygen atoms in total. The fourth-order valence-corrected chi connectivity index (χ4v) is 4.18. The van der Waals surface area contributed by atoms with Crippen molar-refractivity contribution >= 4 is 29.1 Å². The molecule has 0 spiro atoms. The van der Waals surface area contributed by atoms with E-state index in [1.807, 2.05) is 19.1 Å². The lowest BCUT2D eigenvalue weighted by Crippen LogP contribution is -2.61. The molecule has 1 aromatic heterocycles. The fraction of sp³-hybridized carbons (Fsp3) is 0.524. The zero-order valence-corrected chi connectivity index (χ0v) is 18.2. The normalized spacial score (nSPS) is 19.4. The summed E-state index contributed by atoms with van der Waals surface area (Å²) < 4.78 is 14.4. The average molecular weight is 406 g/mol. The number of hydrogen-bond donors (Lipinski definition) is 2. The summed E-state index contributed by atoms with van der Waals surface area (Å²) in [5.41, 5.74) is 1.75. The first-order valence-electron chi connectivity index (χ1n) is 9.54. The maximum atomic E-state index is 14.4. The van der Waals surface area contributed by atoms with E-state index in [0.717, 1.165) is 24.1 Å². The van der Waals surface area contributed by atoms with Gasteiger partial charge in [-0.3, -0.25) is 4.90 Å². The first kappa shape index (κ1) is 20.8. The van der Waals surface area contributed by atoms with Crippen molar-refractivity contribution in [3.8, 4) is 0 Å². The van der Waals surface area contributed by atoms with E-state index in [9.17, 15) is 4.39 Å². The van der Waals surface area contributed by atoms with Crippen molar-refractivity contribution in [1.82, 2.24) is 14.9 Å². The first-order chi connectivity index (χ1) is 13.0. The molecular formula is C21H29ClFN5. The van der Waals surface area contributed by atoms with E-state index in [2.05, 4.69) is 60.2 Å². The second-order valence-corrected chi connectivity index (χ2v) is 9.32. The number of piperidine rings is 1. The molecule has 3 rings (SSSR count). The molecule has 152 valence electrons. The van der Waals surface area contributed by atoms with Crippen LogP contribution < -0.4 is 10.6 Å². The quantitative estimate of drug-likeness (QED) is 0.714. The molecule has 0 atom stereocenters. The molecule has 2 heterocycles. The van der Waals surface area contributed by atoms with Gasteiger partial charge >= 0.3 is 0 Å². The summed E-state index contributed by atoms with van der Waals surface area (Å²) in [5, 5.41) is 7.06. The number of aryl methyl sites for hydroxylation is 1. The van der Waals surface area contributed by atoms with E-state index in [1.54, 1.807) is 6.07 Å². The largest absolute Gasteiger partial charge is 0.365 e. The highest BCUT2D eigenvalue weighted by Gasteiger charge is 2.43. The van der Waals surface area contributed by atoms with Gasteiger partial charge in [0.25, 0.3) is 0 Å². The van der Waals surface area contributed by atoms with Gasteiger partial charge in [0.15, 0.2) is 11.6 Å². The molecule has 1 fully saturated rings. The van der Waals surface area contributed by atoms with Crippen LogP contribution in [0.25, 0.3) is 0 Å². The van der Waals surface area contributed by atoms with Crippen LogP contribution in [-0.4, -0.2) is 39.0 Å². The summed E-state index contributed by atoms with van der Waals surface area (Å²) in [6.45, 7) is 10.8. The van der Waals surface area contributed by atoms with Crippen LogP contribution in [0.3, 0.4) is 0 Å². The molecule has 1 aromatic carbocycles. The SMILES string of the molecule is Cc1ccc(Nc2ncc(F)c(NC3CC(C)(C)N(C)C(C)(C)C3)n2)cc1Cl. The van der Waals surface area contributed by atoms with Crippen molar-refractivity contribution < 1.29 is 4.39 Å². The molecule has 0 aliphatic carbocycles. The third-order valence-electron chi connectivity index (χ3n) is 5.82. The molecule has 2 N–H and O–H groups in total. The monoisotopic (exact) mass is 405 g/mol. The predicted octanol–water partition coefficient (Wildman–Crippen LogP) is 5.38. The molecule has 0 saturated carbocycles. The molecule has 0 amide bonds. The summed E-state index contributed by atoms with van der Waals surface area (Å²) in [5.74, 6) is 0.0918. The molecule has 7 heteroatoms. The highest BCUT2D eigenvalue weighted by Crippen LogP contribution is 2.38. The van der Waals surface area contributed by atoms with Crippen LogP contribution in [0.2, 0.25) is 5.02 Å². The third-order valence-corrected chi connectivity index (χ3v) is 6.23. The molecular weight excluding hydrogens is 377 g/mol. The van der Waals surface area contributed by atoms with Crippen molar-refractivity contribution in [3.63, 3.8) is 0 Å². The van der Waals surface area contributed by atoms with Crippen LogP contribution >= 0.6 is 11.6 Å². The summed E-state index contributed by atoms with van der Waals surface area (Å²) >= 11 is 6.17. The van der Waals surface area contributed by atoms with E-state index in [0.29, 0.717) is 11.0 Å². The van der Waals surface area contributed by atoms with Gasteiger partial charge in [-0.25, -0.2) is 9.37 Å². The van der Waals surface area contributed by atoms with Crippen LogP contribution in [0.5, 0.6) is 0 Å². The topological polar surface area (TPSA) is 53.1 Å². The Balaban J connectivity index is 1.79. The number of anilines is 3. The highest BCUT2D eigenvalue weighted by atomic mass is 35.5. The van der Waals surface area contributed by atoms with Crippen molar-refractivity contribution in [2.45, 2.75) is 64.6 Å². The maximum absolute atomic E-state index is 14.4. The van der Waals surface area contributed by atoms with Crippen molar-refractivity contribution in [3.05, 3.63) is 40.8 Å². The van der Waals surface area contributed by atoms with Gasteiger partial charge in [-0.2, -0.15) is 4.98 Å². The number of nitrogens with one attached hydrogen (secondary N) is 2. The number of nitrogens with zero attached hydrogens (tertiary/aromatic N) is 3. The Morgan fingerprint density at radius 3 is 2.43 bits per heavy atom. The van der Waals surface area contributed by atoms with Gasteiger partial charge in [-0.05, 0) is 72.2 Å². The van der Waals surface area contributed by atoms with Crippen LogP contribution in [0.4, 0.5) is 21.8 Å². The number of hydrogen-bond acceptors (Lipinski definition) is 5. The molecule has 28 heavy (non-hydrogen) atoms. The smallest absolute Gasteiger partial charge is 0.229 e. The highest BCUT2D eigenvalue weighted by molar-refractivity contribution is 6.31. The van der Waals surface area contributed by atoms with E-state index >= 15 is 0 Å².